The molecule has 6 heteroatoms. The maximum Gasteiger partial charge on any atom is 0.272 e. The molecule has 1 aromatic carbocycles. The molecule has 0 aliphatic carbocycles. The van der Waals surface area contributed by atoms with Crippen LogP contribution >= 0.6 is 0 Å². The second-order valence-corrected chi connectivity index (χ2v) is 3.86. The molecule has 2 rings (SSSR count). The Morgan fingerprint density at radius 2 is 2.17 bits per heavy atom. The largest absolute Gasteiger partial charge is 0.295 e. The molecule has 6 nitrogen and oxygen atoms in total. The average molecular weight is 245 g/mol. The molecule has 18 heavy (non-hydrogen) atoms. The van der Waals surface area contributed by atoms with Gasteiger partial charge in [-0.25, -0.2) is 4.98 Å². The van der Waals surface area contributed by atoms with Gasteiger partial charge in [0.2, 0.25) is 0 Å². The molecule has 0 atom stereocenters. The summed E-state index contributed by atoms with van der Waals surface area (Å²) in [6.07, 6.45) is 2.83. The highest BCUT2D eigenvalue weighted by molar-refractivity contribution is 5.44. The molecule has 0 bridgehead atoms. The Morgan fingerprint density at radius 1 is 1.39 bits per heavy atom. The Hall–Kier alpha value is -2.50. The lowest BCUT2D eigenvalue weighted by Crippen LogP contribution is -2.19. The molecule has 0 radical (unpaired) electrons. The zero-order chi connectivity index (χ0) is 13.1. The second-order valence-electron chi connectivity index (χ2n) is 3.86. The molecule has 0 saturated carbocycles. The summed E-state index contributed by atoms with van der Waals surface area (Å²) >= 11 is 0. The summed E-state index contributed by atoms with van der Waals surface area (Å²) in [6.45, 7) is 1.95. The van der Waals surface area contributed by atoms with Crippen LogP contribution in [0, 0.1) is 17.0 Å². The number of rotatable bonds is 3. The molecule has 0 fully saturated rings. The van der Waals surface area contributed by atoms with Crippen molar-refractivity contribution in [2.45, 2.75) is 13.5 Å². The fourth-order valence-electron chi connectivity index (χ4n) is 1.72. The van der Waals surface area contributed by atoms with Crippen molar-refractivity contribution < 1.29 is 4.92 Å². The van der Waals surface area contributed by atoms with Crippen molar-refractivity contribution in [3.63, 3.8) is 0 Å². The smallest absolute Gasteiger partial charge is 0.272 e. The predicted molar refractivity (Wildman–Crippen MR) is 65.4 cm³/mol. The Bertz CT molecular complexity index is 649. The molecule has 0 amide bonds. The fraction of sp³-hybridized carbons (Fsp3) is 0.167. The van der Waals surface area contributed by atoms with Crippen molar-refractivity contribution in [3.05, 3.63) is 68.4 Å². The van der Waals surface area contributed by atoms with Crippen LogP contribution in [0.1, 0.15) is 11.1 Å². The van der Waals surface area contributed by atoms with Crippen molar-refractivity contribution in [1.82, 2.24) is 9.55 Å². The third-order valence-corrected chi connectivity index (χ3v) is 2.75. The number of aromatic nitrogens is 2. The third-order valence-electron chi connectivity index (χ3n) is 2.75. The van der Waals surface area contributed by atoms with Crippen LogP contribution in [0.25, 0.3) is 0 Å². The van der Waals surface area contributed by atoms with Crippen LogP contribution in [0.4, 0.5) is 5.69 Å². The molecular weight excluding hydrogens is 234 g/mol. The van der Waals surface area contributed by atoms with Crippen molar-refractivity contribution in [2.24, 2.45) is 0 Å². The van der Waals surface area contributed by atoms with Crippen molar-refractivity contribution >= 4 is 5.69 Å². The minimum absolute atomic E-state index is 0.0597. The van der Waals surface area contributed by atoms with Crippen LogP contribution in [-0.4, -0.2) is 14.5 Å². The molecule has 1 heterocycles. The summed E-state index contributed by atoms with van der Waals surface area (Å²) in [4.78, 5) is 25.8. The van der Waals surface area contributed by atoms with Gasteiger partial charge < -0.3 is 0 Å². The zero-order valence-electron chi connectivity index (χ0n) is 9.74. The topological polar surface area (TPSA) is 78.0 Å². The van der Waals surface area contributed by atoms with Gasteiger partial charge in [0.1, 0.15) is 0 Å². The van der Waals surface area contributed by atoms with E-state index in [-0.39, 0.29) is 17.8 Å². The summed E-state index contributed by atoms with van der Waals surface area (Å²) in [5.74, 6) is 0. The summed E-state index contributed by atoms with van der Waals surface area (Å²) in [5, 5.41) is 10.8. The van der Waals surface area contributed by atoms with E-state index in [0.29, 0.717) is 5.56 Å². The molecule has 0 aliphatic rings. The molecule has 0 spiro atoms. The van der Waals surface area contributed by atoms with Crippen LogP contribution in [0.15, 0.2) is 41.6 Å². The minimum atomic E-state index is -0.426. The highest BCUT2D eigenvalue weighted by Crippen LogP contribution is 2.21. The Balaban J connectivity index is 2.42. The van der Waals surface area contributed by atoms with E-state index >= 15 is 0 Å². The Labute approximate surface area is 103 Å². The van der Waals surface area contributed by atoms with Gasteiger partial charge in [-0.2, -0.15) is 0 Å². The maximum atomic E-state index is 11.5. The van der Waals surface area contributed by atoms with E-state index in [0.717, 1.165) is 5.56 Å². The molecular formula is C12H11N3O3. The van der Waals surface area contributed by atoms with E-state index in [1.54, 1.807) is 19.1 Å². The first-order valence-electron chi connectivity index (χ1n) is 5.33. The average Bonchev–Trinajstić information content (AvgIpc) is 2.34. The van der Waals surface area contributed by atoms with E-state index in [1.807, 2.05) is 0 Å². The van der Waals surface area contributed by atoms with E-state index in [2.05, 4.69) is 4.98 Å². The van der Waals surface area contributed by atoms with Gasteiger partial charge in [-0.1, -0.05) is 12.1 Å². The first-order chi connectivity index (χ1) is 8.59. The van der Waals surface area contributed by atoms with Gasteiger partial charge in [0, 0.05) is 23.9 Å². The van der Waals surface area contributed by atoms with Gasteiger partial charge in [0.25, 0.3) is 11.2 Å². The van der Waals surface area contributed by atoms with Crippen molar-refractivity contribution in [2.75, 3.05) is 0 Å². The standard InChI is InChI=1S/C12H11N3O3/c1-9-10(3-2-4-11(9)15(17)18)7-14-8-13-6-5-12(14)16/h2-6,8H,7H2,1H3. The van der Waals surface area contributed by atoms with Crippen LogP contribution in [0.3, 0.4) is 0 Å². The molecule has 0 unspecified atom stereocenters. The second kappa shape index (κ2) is 4.79. The number of nitro groups is 1. The number of nitro benzene ring substituents is 1. The van der Waals surface area contributed by atoms with Gasteiger partial charge in [0.05, 0.1) is 17.8 Å². The summed E-state index contributed by atoms with van der Waals surface area (Å²) in [5.41, 5.74) is 1.18. The van der Waals surface area contributed by atoms with Gasteiger partial charge in [-0.15, -0.1) is 0 Å². The maximum absolute atomic E-state index is 11.5. The summed E-state index contributed by atoms with van der Waals surface area (Å²) in [6, 6.07) is 6.18. The lowest BCUT2D eigenvalue weighted by Gasteiger charge is -2.07. The van der Waals surface area contributed by atoms with E-state index in [4.69, 9.17) is 0 Å². The van der Waals surface area contributed by atoms with Gasteiger partial charge >= 0.3 is 0 Å². The van der Waals surface area contributed by atoms with E-state index < -0.39 is 4.92 Å². The van der Waals surface area contributed by atoms with Gasteiger partial charge in [-0.05, 0) is 12.5 Å². The quantitative estimate of drug-likeness (QED) is 0.606. The number of hydrogen-bond acceptors (Lipinski definition) is 4. The molecule has 0 aliphatic heterocycles. The fourth-order valence-corrected chi connectivity index (χ4v) is 1.72. The lowest BCUT2D eigenvalue weighted by molar-refractivity contribution is -0.385. The molecule has 0 N–H and O–H groups in total. The summed E-state index contributed by atoms with van der Waals surface area (Å²) in [7, 11) is 0. The molecule has 1 aromatic heterocycles. The molecule has 2 aromatic rings. The Morgan fingerprint density at radius 3 is 2.83 bits per heavy atom. The van der Waals surface area contributed by atoms with Crippen molar-refractivity contribution in [1.29, 1.82) is 0 Å². The Kier molecular flexibility index (Phi) is 3.18. The van der Waals surface area contributed by atoms with Gasteiger partial charge in [0.15, 0.2) is 0 Å². The molecule has 0 saturated heterocycles. The normalized spacial score (nSPS) is 10.3. The van der Waals surface area contributed by atoms with Crippen LogP contribution in [-0.2, 0) is 6.54 Å². The highest BCUT2D eigenvalue weighted by Gasteiger charge is 2.13. The first kappa shape index (κ1) is 12.0. The lowest BCUT2D eigenvalue weighted by atomic mass is 10.1. The summed E-state index contributed by atoms with van der Waals surface area (Å²) < 4.78 is 1.41. The van der Waals surface area contributed by atoms with Crippen LogP contribution < -0.4 is 5.56 Å². The predicted octanol–water partition coefficient (Wildman–Crippen LogP) is 1.51. The number of nitrogens with zero attached hydrogens (tertiary/aromatic N) is 3. The highest BCUT2D eigenvalue weighted by atomic mass is 16.6. The van der Waals surface area contributed by atoms with Gasteiger partial charge in [-0.3, -0.25) is 19.5 Å². The SMILES string of the molecule is Cc1c(Cn2cnccc2=O)cccc1[N+](=O)[O-]. The van der Waals surface area contributed by atoms with Crippen molar-refractivity contribution in [3.8, 4) is 0 Å². The zero-order valence-corrected chi connectivity index (χ0v) is 9.74. The number of hydrogen-bond donors (Lipinski definition) is 0. The third kappa shape index (κ3) is 2.27. The van der Waals surface area contributed by atoms with E-state index in [1.165, 1.54) is 29.2 Å². The number of benzene rings is 1. The van der Waals surface area contributed by atoms with Crippen LogP contribution in [0.5, 0.6) is 0 Å². The van der Waals surface area contributed by atoms with E-state index in [9.17, 15) is 14.9 Å². The molecule has 92 valence electrons. The first-order valence-corrected chi connectivity index (χ1v) is 5.33. The van der Waals surface area contributed by atoms with Crippen LogP contribution in [0.2, 0.25) is 0 Å². The monoisotopic (exact) mass is 245 g/mol. The minimum Gasteiger partial charge on any atom is -0.295 e.